The van der Waals surface area contributed by atoms with Crippen molar-refractivity contribution in [3.05, 3.63) is 93.2 Å². The van der Waals surface area contributed by atoms with Gasteiger partial charge in [0.2, 0.25) is 5.75 Å². The van der Waals surface area contributed by atoms with Crippen LogP contribution in [0.4, 0.5) is 0 Å². The first kappa shape index (κ1) is 26.2. The number of rotatable bonds is 8. The van der Waals surface area contributed by atoms with Crippen molar-refractivity contribution in [1.82, 2.24) is 14.9 Å². The highest BCUT2D eigenvalue weighted by Crippen LogP contribution is 2.39. The van der Waals surface area contributed by atoms with Crippen molar-refractivity contribution in [1.29, 1.82) is 0 Å². The molecule has 1 unspecified atom stereocenters. The number of aromatic nitrogens is 2. The smallest absolute Gasteiger partial charge is 0.293 e. The predicted octanol–water partition coefficient (Wildman–Crippen LogP) is 3.85. The third-order valence-electron chi connectivity index (χ3n) is 7.68. The van der Waals surface area contributed by atoms with Crippen LogP contribution in [0.2, 0.25) is 0 Å². The van der Waals surface area contributed by atoms with Crippen molar-refractivity contribution < 1.29 is 14.6 Å². The van der Waals surface area contributed by atoms with Crippen LogP contribution in [0.5, 0.6) is 5.75 Å². The van der Waals surface area contributed by atoms with Crippen LogP contribution < -0.4 is 5.56 Å². The lowest BCUT2D eigenvalue weighted by Crippen LogP contribution is -2.35. The number of morpholine rings is 1. The minimum absolute atomic E-state index is 0.138. The molecule has 1 saturated carbocycles. The number of nitrogens with zero attached hydrogens (tertiary/aromatic N) is 2. The summed E-state index contributed by atoms with van der Waals surface area (Å²) in [6, 6.07) is 16.8. The quantitative estimate of drug-likeness (QED) is 0.445. The first-order valence-corrected chi connectivity index (χ1v) is 13.4. The van der Waals surface area contributed by atoms with Gasteiger partial charge in [-0.15, -0.1) is 0 Å². The Kier molecular flexibility index (Phi) is 8.54. The number of benzene rings is 2. The molecular weight excluding hydrogens is 478 g/mol. The van der Waals surface area contributed by atoms with Crippen molar-refractivity contribution in [3.63, 3.8) is 0 Å². The minimum atomic E-state index is -0.503. The number of aromatic hydroxyl groups is 1. The molecule has 198 valence electrons. The van der Waals surface area contributed by atoms with Gasteiger partial charge >= 0.3 is 0 Å². The fourth-order valence-corrected chi connectivity index (χ4v) is 5.31. The van der Waals surface area contributed by atoms with Gasteiger partial charge in [-0.3, -0.25) is 9.69 Å². The number of ether oxygens (including phenoxy) is 2. The van der Waals surface area contributed by atoms with E-state index >= 15 is 0 Å². The van der Waals surface area contributed by atoms with Crippen LogP contribution in [0.25, 0.3) is 0 Å². The van der Waals surface area contributed by atoms with E-state index in [2.05, 4.69) is 63.1 Å². The summed E-state index contributed by atoms with van der Waals surface area (Å²) in [6.45, 7) is 4.52. The van der Waals surface area contributed by atoms with Crippen molar-refractivity contribution in [3.8, 4) is 17.6 Å². The van der Waals surface area contributed by atoms with E-state index in [1.54, 1.807) is 7.11 Å². The van der Waals surface area contributed by atoms with E-state index in [0.29, 0.717) is 24.1 Å². The van der Waals surface area contributed by atoms with Gasteiger partial charge in [-0.2, -0.15) is 0 Å². The molecule has 3 aromatic rings. The molecule has 2 N–H and O–H groups in total. The zero-order chi connectivity index (χ0) is 26.3. The zero-order valence-corrected chi connectivity index (χ0v) is 21.9. The summed E-state index contributed by atoms with van der Waals surface area (Å²) in [5.74, 6) is 6.96. The highest BCUT2D eigenvalue weighted by Gasteiger charge is 2.32. The lowest BCUT2D eigenvalue weighted by atomic mass is 9.74. The molecule has 38 heavy (non-hydrogen) atoms. The van der Waals surface area contributed by atoms with Gasteiger partial charge in [0.25, 0.3) is 5.56 Å². The predicted molar refractivity (Wildman–Crippen MR) is 146 cm³/mol. The number of hydrogen-bond donors (Lipinski definition) is 2. The SMILES string of the molecule is COC1CC(CC(Cc2nc[nH]c(=O)c2O)c2ccc(C#Cc3ccc(CN4CCOCC4)cc3)cc2)C1. The topological polar surface area (TPSA) is 87.7 Å². The maximum absolute atomic E-state index is 11.9. The first-order valence-electron chi connectivity index (χ1n) is 13.4. The van der Waals surface area contributed by atoms with E-state index in [4.69, 9.17) is 9.47 Å². The van der Waals surface area contributed by atoms with Crippen molar-refractivity contribution >= 4 is 0 Å². The number of methoxy groups -OCH3 is 1. The Morgan fingerprint density at radius 3 is 2.39 bits per heavy atom. The Labute approximate surface area is 223 Å². The molecule has 1 aliphatic carbocycles. The van der Waals surface area contributed by atoms with Crippen LogP contribution in [-0.2, 0) is 22.4 Å². The minimum Gasteiger partial charge on any atom is -0.502 e. The van der Waals surface area contributed by atoms with E-state index in [1.165, 1.54) is 11.9 Å². The lowest BCUT2D eigenvalue weighted by Gasteiger charge is -2.36. The Bertz CT molecular complexity index is 1310. The van der Waals surface area contributed by atoms with E-state index in [1.807, 2.05) is 12.1 Å². The molecule has 2 heterocycles. The Morgan fingerprint density at radius 1 is 1.08 bits per heavy atom. The average molecular weight is 514 g/mol. The van der Waals surface area contributed by atoms with E-state index < -0.39 is 5.56 Å². The first-order chi connectivity index (χ1) is 18.6. The second-order valence-corrected chi connectivity index (χ2v) is 10.3. The molecule has 5 rings (SSSR count). The average Bonchev–Trinajstić information content (AvgIpc) is 2.92. The molecular formula is C31H35N3O4. The Morgan fingerprint density at radius 2 is 1.74 bits per heavy atom. The van der Waals surface area contributed by atoms with Gasteiger partial charge < -0.3 is 19.6 Å². The van der Waals surface area contributed by atoms with Crippen LogP contribution in [0.3, 0.4) is 0 Å². The summed E-state index contributed by atoms with van der Waals surface area (Å²) >= 11 is 0. The van der Waals surface area contributed by atoms with Crippen LogP contribution in [0.1, 0.15) is 53.1 Å². The molecule has 1 aliphatic heterocycles. The van der Waals surface area contributed by atoms with E-state index in [-0.39, 0.29) is 11.7 Å². The fraction of sp³-hybridized carbons (Fsp3) is 0.419. The molecule has 7 heteroatoms. The number of nitrogens with one attached hydrogen (secondary N) is 1. The Hall–Kier alpha value is -3.44. The summed E-state index contributed by atoms with van der Waals surface area (Å²) in [7, 11) is 1.76. The second kappa shape index (κ2) is 12.4. The molecule has 0 amide bonds. The maximum atomic E-state index is 11.9. The van der Waals surface area contributed by atoms with Gasteiger partial charge in [0.15, 0.2) is 0 Å². The largest absolute Gasteiger partial charge is 0.502 e. The molecule has 1 saturated heterocycles. The fourth-order valence-electron chi connectivity index (χ4n) is 5.31. The van der Waals surface area contributed by atoms with Crippen LogP contribution in [0.15, 0.2) is 59.7 Å². The lowest BCUT2D eigenvalue weighted by molar-refractivity contribution is -0.00384. The summed E-state index contributed by atoms with van der Waals surface area (Å²) in [5, 5.41) is 10.2. The zero-order valence-electron chi connectivity index (χ0n) is 21.9. The molecule has 2 aromatic carbocycles. The normalized spacial score (nSPS) is 20.2. The summed E-state index contributed by atoms with van der Waals surface area (Å²) < 4.78 is 10.9. The molecule has 2 aliphatic rings. The van der Waals surface area contributed by atoms with Gasteiger partial charge in [-0.05, 0) is 66.5 Å². The highest BCUT2D eigenvalue weighted by molar-refractivity contribution is 5.44. The third kappa shape index (κ3) is 6.70. The van der Waals surface area contributed by atoms with Crippen molar-refractivity contribution in [2.24, 2.45) is 5.92 Å². The highest BCUT2D eigenvalue weighted by atomic mass is 16.5. The molecule has 2 fully saturated rings. The Balaban J connectivity index is 1.25. The summed E-state index contributed by atoms with van der Waals surface area (Å²) in [6.07, 6.45) is 5.22. The number of H-pyrrole nitrogens is 1. The second-order valence-electron chi connectivity index (χ2n) is 10.3. The molecule has 0 bridgehead atoms. The van der Waals surface area contributed by atoms with Crippen LogP contribution in [-0.4, -0.2) is 59.5 Å². The van der Waals surface area contributed by atoms with Gasteiger partial charge in [-0.25, -0.2) is 4.98 Å². The van der Waals surface area contributed by atoms with Crippen LogP contribution in [0, 0.1) is 17.8 Å². The molecule has 1 atom stereocenters. The van der Waals surface area contributed by atoms with Gasteiger partial charge in [0, 0.05) is 44.3 Å². The van der Waals surface area contributed by atoms with Gasteiger partial charge in [0.1, 0.15) is 0 Å². The standard InChI is InChI=1S/C31H35N3O4/c1-37-28-17-25(18-28)16-27(19-29-30(35)31(36)33-21-32-29)26-10-8-23(9-11-26)3-2-22-4-6-24(7-5-22)20-34-12-14-38-15-13-34/h4-11,21,25,27-28,35H,12-20H2,1H3,(H,32,33,36). The molecule has 7 nitrogen and oxygen atoms in total. The van der Waals surface area contributed by atoms with Gasteiger partial charge in [0.05, 0.1) is 31.3 Å². The van der Waals surface area contributed by atoms with Crippen molar-refractivity contribution in [2.45, 2.75) is 44.2 Å². The molecule has 0 radical (unpaired) electrons. The van der Waals surface area contributed by atoms with Crippen molar-refractivity contribution in [2.75, 3.05) is 33.4 Å². The summed E-state index contributed by atoms with van der Waals surface area (Å²) in [5.41, 5.74) is 4.32. The third-order valence-corrected chi connectivity index (χ3v) is 7.68. The molecule has 0 spiro atoms. The van der Waals surface area contributed by atoms with E-state index in [9.17, 15) is 9.90 Å². The van der Waals surface area contributed by atoms with Gasteiger partial charge in [-0.1, -0.05) is 36.1 Å². The number of hydrogen-bond acceptors (Lipinski definition) is 6. The monoisotopic (exact) mass is 513 g/mol. The van der Waals surface area contributed by atoms with Crippen LogP contribution >= 0.6 is 0 Å². The number of aromatic amines is 1. The summed E-state index contributed by atoms with van der Waals surface area (Å²) in [4.78, 5) is 21.0. The molecule has 1 aromatic heterocycles. The maximum Gasteiger partial charge on any atom is 0.293 e. The van der Waals surface area contributed by atoms with E-state index in [0.717, 1.165) is 68.8 Å².